The molecule has 0 atom stereocenters. The third kappa shape index (κ3) is 3.07. The summed E-state index contributed by atoms with van der Waals surface area (Å²) in [6.07, 6.45) is 0. The fourth-order valence-electron chi connectivity index (χ4n) is 2.64. The second kappa shape index (κ2) is 5.99. The van der Waals surface area contributed by atoms with Crippen LogP contribution in [-0.4, -0.2) is 10.1 Å². The van der Waals surface area contributed by atoms with E-state index in [0.717, 1.165) is 22.3 Å². The van der Waals surface area contributed by atoms with Crippen LogP contribution in [0.15, 0.2) is 65.5 Å². The quantitative estimate of drug-likeness (QED) is 0.480. The van der Waals surface area contributed by atoms with E-state index in [1.807, 2.05) is 30.3 Å². The molecule has 0 saturated heterocycles. The van der Waals surface area contributed by atoms with E-state index >= 15 is 0 Å². The molecule has 0 amide bonds. The maximum Gasteiger partial charge on any atom is 0.256 e. The number of benzene rings is 2. The number of pyridine rings is 1. The van der Waals surface area contributed by atoms with Crippen LogP contribution in [0.5, 0.6) is 16.6 Å². The maximum atomic E-state index is 12.4. The molecule has 0 saturated carbocycles. The Balaban J connectivity index is 1.74. The van der Waals surface area contributed by atoms with Crippen molar-refractivity contribution in [1.29, 1.82) is 0 Å². The number of fused-ring (bicyclic) bond motifs is 1. The van der Waals surface area contributed by atoms with Gasteiger partial charge in [0.05, 0.1) is 0 Å². The van der Waals surface area contributed by atoms with Crippen LogP contribution in [0.4, 0.5) is 5.69 Å². The van der Waals surface area contributed by atoms with Gasteiger partial charge in [-0.3, -0.25) is 4.79 Å². The summed E-state index contributed by atoms with van der Waals surface area (Å²) >= 11 is 1.14. The van der Waals surface area contributed by atoms with Gasteiger partial charge in [0.1, 0.15) is 16.3 Å². The average molecular weight is 350 g/mol. The van der Waals surface area contributed by atoms with Crippen molar-refractivity contribution in [2.24, 2.45) is 0 Å². The van der Waals surface area contributed by atoms with Crippen molar-refractivity contribution in [3.05, 3.63) is 71.0 Å². The Labute approximate surface area is 146 Å². The van der Waals surface area contributed by atoms with E-state index in [1.54, 1.807) is 30.3 Å². The molecular formula is C19H14N2O3S. The van der Waals surface area contributed by atoms with Crippen molar-refractivity contribution in [3.63, 3.8) is 0 Å². The predicted octanol–water partition coefficient (Wildman–Crippen LogP) is 4.34. The first-order chi connectivity index (χ1) is 12.1. The van der Waals surface area contributed by atoms with Gasteiger partial charge in [0, 0.05) is 28.8 Å². The van der Waals surface area contributed by atoms with Crippen LogP contribution in [0.2, 0.25) is 0 Å². The summed E-state index contributed by atoms with van der Waals surface area (Å²) in [5, 5.41) is 10.6. The number of aromatic amines is 1. The van der Waals surface area contributed by atoms with Crippen LogP contribution in [-0.2, 0) is 0 Å². The van der Waals surface area contributed by atoms with Crippen LogP contribution in [0.25, 0.3) is 21.3 Å². The predicted molar refractivity (Wildman–Crippen MR) is 100 cm³/mol. The van der Waals surface area contributed by atoms with Gasteiger partial charge in [-0.2, -0.15) is 0 Å². The van der Waals surface area contributed by atoms with Crippen molar-refractivity contribution in [3.8, 4) is 27.7 Å². The van der Waals surface area contributed by atoms with E-state index in [9.17, 15) is 9.90 Å². The number of rotatable bonds is 3. The Morgan fingerprint density at radius 2 is 1.76 bits per heavy atom. The number of H-pyrrole nitrogens is 1. The van der Waals surface area contributed by atoms with Crippen molar-refractivity contribution in [2.45, 2.75) is 0 Å². The maximum absolute atomic E-state index is 12.4. The smallest absolute Gasteiger partial charge is 0.256 e. The van der Waals surface area contributed by atoms with E-state index in [1.165, 1.54) is 0 Å². The number of hydrogen-bond acceptors (Lipinski definition) is 5. The molecule has 124 valence electrons. The first-order valence-electron chi connectivity index (χ1n) is 7.58. The van der Waals surface area contributed by atoms with Gasteiger partial charge >= 0.3 is 0 Å². The highest BCUT2D eigenvalue weighted by atomic mass is 32.1. The van der Waals surface area contributed by atoms with Crippen molar-refractivity contribution in [1.82, 2.24) is 4.98 Å². The molecule has 25 heavy (non-hydrogen) atoms. The molecule has 0 spiro atoms. The lowest BCUT2D eigenvalue weighted by Gasteiger charge is -2.08. The van der Waals surface area contributed by atoms with Gasteiger partial charge in [-0.15, -0.1) is 0 Å². The third-order valence-electron chi connectivity index (χ3n) is 3.76. The summed E-state index contributed by atoms with van der Waals surface area (Å²) in [5.74, 6) is 1.24. The number of nitrogens with one attached hydrogen (secondary N) is 1. The van der Waals surface area contributed by atoms with Crippen LogP contribution >= 0.6 is 11.3 Å². The van der Waals surface area contributed by atoms with E-state index in [-0.39, 0.29) is 10.6 Å². The molecule has 0 aliphatic rings. The first kappa shape index (κ1) is 15.3. The fourth-order valence-corrected chi connectivity index (χ4v) is 3.42. The standard InChI is InChI=1S/C19H14N2O3S/c20-13-4-2-6-15(10-13)24-14-5-1-3-11(7-14)16-8-12-9-17(22)25-19(12)21-18(16)23/h1-10,22H,20H2,(H,21,23). The Hall–Kier alpha value is -3.25. The molecular weight excluding hydrogens is 336 g/mol. The minimum absolute atomic E-state index is 0.168. The summed E-state index contributed by atoms with van der Waals surface area (Å²) < 4.78 is 5.82. The zero-order chi connectivity index (χ0) is 17.4. The third-order valence-corrected chi connectivity index (χ3v) is 4.63. The summed E-state index contributed by atoms with van der Waals surface area (Å²) in [6.45, 7) is 0. The Morgan fingerprint density at radius 3 is 2.56 bits per heavy atom. The van der Waals surface area contributed by atoms with Gasteiger partial charge in [-0.25, -0.2) is 0 Å². The number of aromatic nitrogens is 1. The molecule has 4 aromatic rings. The van der Waals surface area contributed by atoms with Gasteiger partial charge < -0.3 is 20.6 Å². The van der Waals surface area contributed by atoms with Crippen molar-refractivity contribution >= 4 is 27.2 Å². The minimum Gasteiger partial charge on any atom is -0.499 e. The summed E-state index contributed by atoms with van der Waals surface area (Å²) in [6, 6.07) is 17.8. The summed E-state index contributed by atoms with van der Waals surface area (Å²) in [5.41, 5.74) is 7.42. The largest absolute Gasteiger partial charge is 0.499 e. The highest BCUT2D eigenvalue weighted by Gasteiger charge is 2.09. The second-order valence-electron chi connectivity index (χ2n) is 5.58. The Bertz CT molecular complexity index is 1130. The molecule has 0 fully saturated rings. The number of anilines is 1. The molecule has 4 N–H and O–H groups in total. The van der Waals surface area contributed by atoms with Gasteiger partial charge in [-0.05, 0) is 35.9 Å². The van der Waals surface area contributed by atoms with E-state index < -0.39 is 0 Å². The lowest BCUT2D eigenvalue weighted by molar-refractivity contribution is 0.483. The van der Waals surface area contributed by atoms with Crippen molar-refractivity contribution < 1.29 is 9.84 Å². The number of thiophene rings is 1. The highest BCUT2D eigenvalue weighted by Crippen LogP contribution is 2.31. The van der Waals surface area contributed by atoms with Crippen LogP contribution < -0.4 is 16.0 Å². The number of nitrogens with two attached hydrogens (primary N) is 1. The molecule has 0 aliphatic carbocycles. The fraction of sp³-hybridized carbons (Fsp3) is 0. The number of aromatic hydroxyl groups is 1. The molecule has 0 unspecified atom stereocenters. The van der Waals surface area contributed by atoms with Crippen LogP contribution in [0, 0.1) is 0 Å². The number of nitrogen functional groups attached to an aromatic ring is 1. The molecule has 4 rings (SSSR count). The average Bonchev–Trinajstić information content (AvgIpc) is 2.93. The summed E-state index contributed by atoms with van der Waals surface area (Å²) in [7, 11) is 0. The molecule has 2 aromatic heterocycles. The molecule has 6 heteroatoms. The van der Waals surface area contributed by atoms with Crippen molar-refractivity contribution in [2.75, 3.05) is 5.73 Å². The topological polar surface area (TPSA) is 88.3 Å². The van der Waals surface area contributed by atoms with E-state index in [4.69, 9.17) is 10.5 Å². The molecule has 2 aromatic carbocycles. The molecule has 0 aliphatic heterocycles. The van der Waals surface area contributed by atoms with E-state index in [0.29, 0.717) is 27.6 Å². The van der Waals surface area contributed by atoms with Gasteiger partial charge in [0.15, 0.2) is 5.06 Å². The molecule has 0 bridgehead atoms. The Morgan fingerprint density at radius 1 is 1.00 bits per heavy atom. The van der Waals surface area contributed by atoms with Crippen LogP contribution in [0.1, 0.15) is 0 Å². The number of hydrogen-bond donors (Lipinski definition) is 3. The van der Waals surface area contributed by atoms with E-state index in [2.05, 4.69) is 4.98 Å². The minimum atomic E-state index is -0.213. The Kier molecular flexibility index (Phi) is 3.66. The lowest BCUT2D eigenvalue weighted by Crippen LogP contribution is -2.07. The monoisotopic (exact) mass is 350 g/mol. The van der Waals surface area contributed by atoms with Crippen LogP contribution in [0.3, 0.4) is 0 Å². The SMILES string of the molecule is Nc1cccc(Oc2cccc(-c3cc4cc(O)sc4[nH]c3=O)c2)c1. The first-order valence-corrected chi connectivity index (χ1v) is 8.40. The second-order valence-corrected chi connectivity index (χ2v) is 6.61. The molecule has 0 radical (unpaired) electrons. The zero-order valence-corrected chi connectivity index (χ0v) is 13.8. The zero-order valence-electron chi connectivity index (χ0n) is 13.0. The van der Waals surface area contributed by atoms with Gasteiger partial charge in [0.2, 0.25) is 0 Å². The normalized spacial score (nSPS) is 10.9. The summed E-state index contributed by atoms with van der Waals surface area (Å²) in [4.78, 5) is 15.8. The molecule has 5 nitrogen and oxygen atoms in total. The molecule has 2 heterocycles. The van der Waals surface area contributed by atoms with Gasteiger partial charge in [0.25, 0.3) is 5.56 Å². The lowest BCUT2D eigenvalue weighted by atomic mass is 10.1. The highest BCUT2D eigenvalue weighted by molar-refractivity contribution is 7.20. The number of ether oxygens (including phenoxy) is 1. The van der Waals surface area contributed by atoms with Gasteiger partial charge in [-0.1, -0.05) is 29.5 Å².